The van der Waals surface area contributed by atoms with Crippen molar-refractivity contribution in [2.75, 3.05) is 19.4 Å². The van der Waals surface area contributed by atoms with Crippen molar-refractivity contribution < 1.29 is 4.79 Å². The molecule has 19 heavy (non-hydrogen) atoms. The largest absolute Gasteiger partial charge is 0.373 e. The highest BCUT2D eigenvalue weighted by atomic mass is 16.2. The van der Waals surface area contributed by atoms with Gasteiger partial charge in [0.15, 0.2) is 0 Å². The van der Waals surface area contributed by atoms with Crippen LogP contribution in [0.25, 0.3) is 0 Å². The molecule has 2 heterocycles. The van der Waals surface area contributed by atoms with Gasteiger partial charge in [0.1, 0.15) is 11.5 Å². The second-order valence-electron chi connectivity index (χ2n) is 4.17. The Bertz CT molecular complexity index is 556. The smallest absolute Gasteiger partial charge is 0.272 e. The normalized spacial score (nSPS) is 10.0. The van der Waals surface area contributed by atoms with Crippen LogP contribution in [0.2, 0.25) is 0 Å². The van der Waals surface area contributed by atoms with Gasteiger partial charge in [-0.3, -0.25) is 9.78 Å². The number of hydrogen-bond donors (Lipinski definition) is 1. The molecule has 5 nitrogen and oxygen atoms in total. The van der Waals surface area contributed by atoms with E-state index in [1.807, 2.05) is 24.3 Å². The van der Waals surface area contributed by atoms with E-state index in [1.165, 1.54) is 0 Å². The van der Waals surface area contributed by atoms with Gasteiger partial charge in [0.25, 0.3) is 5.91 Å². The average Bonchev–Trinajstić information content (AvgIpc) is 2.47. The maximum absolute atomic E-state index is 12.2. The summed E-state index contributed by atoms with van der Waals surface area (Å²) < 4.78 is 0. The summed E-state index contributed by atoms with van der Waals surface area (Å²) in [7, 11) is 3.54. The second-order valence-corrected chi connectivity index (χ2v) is 4.17. The van der Waals surface area contributed by atoms with E-state index in [2.05, 4.69) is 15.3 Å². The van der Waals surface area contributed by atoms with Gasteiger partial charge in [-0.2, -0.15) is 0 Å². The molecule has 2 aromatic rings. The summed E-state index contributed by atoms with van der Waals surface area (Å²) in [5.41, 5.74) is 1.47. The quantitative estimate of drug-likeness (QED) is 0.906. The summed E-state index contributed by atoms with van der Waals surface area (Å²) in [6, 6.07) is 9.13. The molecule has 0 bridgehead atoms. The van der Waals surface area contributed by atoms with Gasteiger partial charge in [0.05, 0.1) is 0 Å². The number of aromatic nitrogens is 2. The van der Waals surface area contributed by atoms with Crippen LogP contribution in [-0.4, -0.2) is 34.9 Å². The van der Waals surface area contributed by atoms with Crippen LogP contribution in [0.1, 0.15) is 16.1 Å². The number of anilines is 1. The van der Waals surface area contributed by atoms with Gasteiger partial charge >= 0.3 is 0 Å². The van der Waals surface area contributed by atoms with E-state index in [1.54, 1.807) is 37.5 Å². The molecule has 5 heteroatoms. The van der Waals surface area contributed by atoms with Gasteiger partial charge in [-0.05, 0) is 29.8 Å². The fourth-order valence-corrected chi connectivity index (χ4v) is 1.72. The zero-order chi connectivity index (χ0) is 13.7. The third-order valence-electron chi connectivity index (χ3n) is 2.74. The molecule has 0 spiro atoms. The Morgan fingerprint density at radius 3 is 2.68 bits per heavy atom. The number of nitrogens with zero attached hydrogens (tertiary/aromatic N) is 3. The highest BCUT2D eigenvalue weighted by Gasteiger charge is 2.13. The van der Waals surface area contributed by atoms with Crippen LogP contribution in [0.5, 0.6) is 0 Å². The Labute approximate surface area is 112 Å². The molecule has 0 aliphatic heterocycles. The van der Waals surface area contributed by atoms with Crippen molar-refractivity contribution in [1.29, 1.82) is 0 Å². The second kappa shape index (κ2) is 5.95. The fraction of sp³-hybridized carbons (Fsp3) is 0.214. The lowest BCUT2D eigenvalue weighted by Gasteiger charge is -2.17. The molecule has 0 aromatic carbocycles. The summed E-state index contributed by atoms with van der Waals surface area (Å²) in [4.78, 5) is 22.1. The maximum atomic E-state index is 12.2. The molecule has 1 amide bonds. The standard InChI is InChI=1S/C14H16N4O/c1-15-13-5-3-4-12(17-13)14(19)18(2)10-11-6-8-16-9-7-11/h3-9H,10H2,1-2H3,(H,15,17). The van der Waals surface area contributed by atoms with Crippen LogP contribution < -0.4 is 5.32 Å². The van der Waals surface area contributed by atoms with Crippen LogP contribution in [0, 0.1) is 0 Å². The molecule has 0 fully saturated rings. The minimum atomic E-state index is -0.103. The maximum Gasteiger partial charge on any atom is 0.272 e. The molecule has 0 radical (unpaired) electrons. The van der Waals surface area contributed by atoms with E-state index < -0.39 is 0 Å². The lowest BCUT2D eigenvalue weighted by Crippen LogP contribution is -2.27. The number of hydrogen-bond acceptors (Lipinski definition) is 4. The van der Waals surface area contributed by atoms with Crippen LogP contribution in [0.4, 0.5) is 5.82 Å². The van der Waals surface area contributed by atoms with E-state index >= 15 is 0 Å². The summed E-state index contributed by atoms with van der Waals surface area (Å²) in [6.07, 6.45) is 3.43. The van der Waals surface area contributed by atoms with Crippen LogP contribution in [-0.2, 0) is 6.54 Å². The molecular weight excluding hydrogens is 240 g/mol. The Morgan fingerprint density at radius 2 is 2.00 bits per heavy atom. The molecule has 0 saturated heterocycles. The van der Waals surface area contributed by atoms with E-state index in [0.29, 0.717) is 18.1 Å². The van der Waals surface area contributed by atoms with Crippen molar-refractivity contribution in [1.82, 2.24) is 14.9 Å². The Kier molecular flexibility index (Phi) is 4.07. The van der Waals surface area contributed by atoms with E-state index in [-0.39, 0.29) is 5.91 Å². The third kappa shape index (κ3) is 3.28. The zero-order valence-corrected chi connectivity index (χ0v) is 11.0. The highest BCUT2D eigenvalue weighted by molar-refractivity contribution is 5.92. The molecule has 98 valence electrons. The molecule has 2 rings (SSSR count). The van der Waals surface area contributed by atoms with Crippen LogP contribution in [0.3, 0.4) is 0 Å². The van der Waals surface area contributed by atoms with Crippen molar-refractivity contribution in [2.45, 2.75) is 6.54 Å². The number of carbonyl (C=O) groups is 1. The molecule has 0 unspecified atom stereocenters. The van der Waals surface area contributed by atoms with Crippen LogP contribution in [0.15, 0.2) is 42.7 Å². The summed E-state index contributed by atoms with van der Waals surface area (Å²) in [5.74, 6) is 0.581. The van der Waals surface area contributed by atoms with Crippen molar-refractivity contribution >= 4 is 11.7 Å². The molecular formula is C14H16N4O. The van der Waals surface area contributed by atoms with Gasteiger partial charge in [0.2, 0.25) is 0 Å². The molecule has 0 aliphatic rings. The lowest BCUT2D eigenvalue weighted by molar-refractivity contribution is 0.0779. The van der Waals surface area contributed by atoms with Gasteiger partial charge < -0.3 is 10.2 Å². The average molecular weight is 256 g/mol. The fourth-order valence-electron chi connectivity index (χ4n) is 1.72. The first kappa shape index (κ1) is 13.0. The van der Waals surface area contributed by atoms with Gasteiger partial charge in [0, 0.05) is 33.0 Å². The van der Waals surface area contributed by atoms with Gasteiger partial charge in [-0.15, -0.1) is 0 Å². The Hall–Kier alpha value is -2.43. The summed E-state index contributed by atoms with van der Waals surface area (Å²) in [5, 5.41) is 2.92. The van der Waals surface area contributed by atoms with Crippen molar-refractivity contribution in [3.8, 4) is 0 Å². The molecule has 2 aromatic heterocycles. The highest BCUT2D eigenvalue weighted by Crippen LogP contribution is 2.08. The Balaban J connectivity index is 2.10. The first-order chi connectivity index (χ1) is 9.20. The number of carbonyl (C=O) groups excluding carboxylic acids is 1. The predicted octanol–water partition coefficient (Wildman–Crippen LogP) is 1.79. The summed E-state index contributed by atoms with van der Waals surface area (Å²) >= 11 is 0. The van der Waals surface area contributed by atoms with Crippen molar-refractivity contribution in [3.63, 3.8) is 0 Å². The van der Waals surface area contributed by atoms with Crippen molar-refractivity contribution in [3.05, 3.63) is 54.0 Å². The molecule has 0 aliphatic carbocycles. The predicted molar refractivity (Wildman–Crippen MR) is 73.8 cm³/mol. The van der Waals surface area contributed by atoms with E-state index in [4.69, 9.17) is 0 Å². The first-order valence-electron chi connectivity index (χ1n) is 6.00. The topological polar surface area (TPSA) is 58.1 Å². The number of pyridine rings is 2. The number of amides is 1. The van der Waals surface area contributed by atoms with Gasteiger partial charge in [-0.25, -0.2) is 4.98 Å². The van der Waals surface area contributed by atoms with Gasteiger partial charge in [-0.1, -0.05) is 6.07 Å². The van der Waals surface area contributed by atoms with E-state index in [9.17, 15) is 4.79 Å². The van der Waals surface area contributed by atoms with Crippen LogP contribution >= 0.6 is 0 Å². The monoisotopic (exact) mass is 256 g/mol. The molecule has 1 N–H and O–H groups in total. The van der Waals surface area contributed by atoms with E-state index in [0.717, 1.165) is 5.56 Å². The minimum absolute atomic E-state index is 0.103. The summed E-state index contributed by atoms with van der Waals surface area (Å²) in [6.45, 7) is 0.535. The first-order valence-corrected chi connectivity index (χ1v) is 6.00. The molecule has 0 saturated carbocycles. The molecule has 0 atom stereocenters. The Morgan fingerprint density at radius 1 is 1.26 bits per heavy atom. The van der Waals surface area contributed by atoms with Crippen molar-refractivity contribution in [2.24, 2.45) is 0 Å². The number of nitrogens with one attached hydrogen (secondary N) is 1. The zero-order valence-electron chi connectivity index (χ0n) is 11.0. The lowest BCUT2D eigenvalue weighted by atomic mass is 10.2. The minimum Gasteiger partial charge on any atom is -0.373 e. The third-order valence-corrected chi connectivity index (χ3v) is 2.74. The number of rotatable bonds is 4. The SMILES string of the molecule is CNc1cccc(C(=O)N(C)Cc2ccncc2)n1.